The molecule has 6 aromatic carbocycles. The molecule has 7 aromatic rings. The van der Waals surface area contributed by atoms with Gasteiger partial charge in [-0.25, -0.2) is 4.99 Å². The van der Waals surface area contributed by atoms with Crippen LogP contribution in [-0.2, 0) is 6.54 Å². The fourth-order valence-corrected chi connectivity index (χ4v) is 6.59. The van der Waals surface area contributed by atoms with Crippen molar-refractivity contribution < 1.29 is 0 Å². The van der Waals surface area contributed by atoms with Crippen LogP contribution in [0.15, 0.2) is 151 Å². The van der Waals surface area contributed by atoms with E-state index in [9.17, 15) is 0 Å². The van der Waals surface area contributed by atoms with Crippen LogP contribution < -0.4 is 9.80 Å². The molecule has 42 heavy (non-hydrogen) atoms. The Balaban J connectivity index is 1.30. The van der Waals surface area contributed by atoms with Crippen molar-refractivity contribution >= 4 is 50.5 Å². The number of fused-ring (bicyclic) bond motifs is 7. The number of hydrogen-bond donors (Lipinski definition) is 0. The van der Waals surface area contributed by atoms with Crippen molar-refractivity contribution in [1.29, 1.82) is 0 Å². The van der Waals surface area contributed by atoms with Crippen LogP contribution in [0.25, 0.3) is 38.6 Å². The third-order valence-corrected chi connectivity index (χ3v) is 8.52. The zero-order valence-electron chi connectivity index (χ0n) is 22.9. The van der Waals surface area contributed by atoms with Gasteiger partial charge in [-0.1, -0.05) is 84.9 Å². The van der Waals surface area contributed by atoms with Gasteiger partial charge in [0.25, 0.3) is 0 Å². The zero-order valence-corrected chi connectivity index (χ0v) is 22.9. The second-order valence-electron chi connectivity index (χ2n) is 10.9. The molecule has 0 spiro atoms. The summed E-state index contributed by atoms with van der Waals surface area (Å²) in [4.78, 5) is 9.85. The Labute approximate surface area is 244 Å². The molecule has 0 amide bonds. The molecule has 0 atom stereocenters. The molecule has 0 saturated heterocycles. The molecule has 2 aliphatic rings. The van der Waals surface area contributed by atoms with E-state index in [4.69, 9.17) is 4.99 Å². The van der Waals surface area contributed by atoms with Crippen molar-refractivity contribution in [2.45, 2.75) is 6.54 Å². The number of aliphatic imine (C=N–C) groups is 1. The van der Waals surface area contributed by atoms with E-state index >= 15 is 0 Å². The smallest absolute Gasteiger partial charge is 0.216 e. The van der Waals surface area contributed by atoms with E-state index < -0.39 is 0 Å². The van der Waals surface area contributed by atoms with Crippen molar-refractivity contribution in [2.24, 2.45) is 4.99 Å². The second kappa shape index (κ2) is 8.95. The monoisotopic (exact) mass is 538 g/mol. The summed E-state index contributed by atoms with van der Waals surface area (Å²) in [5.74, 6) is 0.950. The third kappa shape index (κ3) is 3.39. The van der Waals surface area contributed by atoms with Gasteiger partial charge < -0.3 is 9.47 Å². The molecule has 2 aliphatic heterocycles. The Kier molecular flexibility index (Phi) is 4.93. The van der Waals surface area contributed by atoms with Crippen LogP contribution in [0.2, 0.25) is 0 Å². The molecule has 1 aromatic heterocycles. The lowest BCUT2D eigenvalue weighted by Gasteiger charge is -2.28. The number of benzene rings is 6. The molecular formula is C38H26N4. The number of hydrogen-bond acceptors (Lipinski definition) is 3. The maximum Gasteiger partial charge on any atom is 0.216 e. The lowest BCUT2D eigenvalue weighted by Crippen LogP contribution is -2.37. The highest BCUT2D eigenvalue weighted by Crippen LogP contribution is 2.47. The molecule has 0 radical (unpaired) electrons. The zero-order chi connectivity index (χ0) is 27.6. The first-order valence-corrected chi connectivity index (χ1v) is 14.4. The molecule has 0 unspecified atom stereocenters. The molecule has 3 heterocycles. The average molecular weight is 539 g/mol. The highest BCUT2D eigenvalue weighted by Gasteiger charge is 2.36. The molecule has 9 rings (SSSR count). The van der Waals surface area contributed by atoms with E-state index in [1.54, 1.807) is 0 Å². The van der Waals surface area contributed by atoms with Crippen molar-refractivity contribution in [2.75, 3.05) is 9.80 Å². The summed E-state index contributed by atoms with van der Waals surface area (Å²) in [6.45, 7) is 0.804. The SMILES string of the molecule is c1ccc(-c2ccc3c(c2)c2cc(N4C5=Nc6ccccc6CN5c5ccccc54)ccc2n3-c2ccccc2)cc1. The van der Waals surface area contributed by atoms with Gasteiger partial charge in [0.05, 0.1) is 34.6 Å². The standard InChI is InChI=1S/C38H26N4/c1-3-11-26(12-4-1)27-19-21-34-31(23-27)32-24-30(20-22-35(32)41(34)29-14-5-2-6-15-29)42-37-18-10-9-17-36(37)40-25-28-13-7-8-16-33(28)39-38(40)42/h1-24H,25H2. The Morgan fingerprint density at radius 1 is 0.500 bits per heavy atom. The number of nitrogens with zero attached hydrogens (tertiary/aromatic N) is 4. The number of guanidine groups is 1. The molecule has 4 heteroatoms. The maximum atomic E-state index is 5.19. The first-order chi connectivity index (χ1) is 20.8. The normalized spacial score (nSPS) is 13.7. The number of para-hydroxylation sites is 4. The summed E-state index contributed by atoms with van der Waals surface area (Å²) in [5, 5.41) is 2.45. The lowest BCUT2D eigenvalue weighted by molar-refractivity contribution is 0.985. The van der Waals surface area contributed by atoms with E-state index in [-0.39, 0.29) is 0 Å². The molecule has 198 valence electrons. The van der Waals surface area contributed by atoms with Gasteiger partial charge in [-0.2, -0.15) is 0 Å². The first-order valence-electron chi connectivity index (χ1n) is 14.4. The molecule has 0 bridgehead atoms. The molecular weight excluding hydrogens is 512 g/mol. The number of aromatic nitrogens is 1. The van der Waals surface area contributed by atoms with Crippen LogP contribution in [0.4, 0.5) is 22.7 Å². The van der Waals surface area contributed by atoms with E-state index in [0.29, 0.717) is 0 Å². The van der Waals surface area contributed by atoms with Gasteiger partial charge in [-0.3, -0.25) is 4.90 Å². The van der Waals surface area contributed by atoms with Crippen molar-refractivity contribution in [3.8, 4) is 16.8 Å². The van der Waals surface area contributed by atoms with Gasteiger partial charge in [0, 0.05) is 22.1 Å². The van der Waals surface area contributed by atoms with E-state index in [1.165, 1.54) is 44.2 Å². The third-order valence-electron chi connectivity index (χ3n) is 8.52. The lowest BCUT2D eigenvalue weighted by atomic mass is 10.0. The fraction of sp³-hybridized carbons (Fsp3) is 0.0263. The maximum absolute atomic E-state index is 5.19. The summed E-state index contributed by atoms with van der Waals surface area (Å²) in [6, 6.07) is 52.0. The predicted octanol–water partition coefficient (Wildman–Crippen LogP) is 9.61. The Morgan fingerprint density at radius 2 is 1.17 bits per heavy atom. The van der Waals surface area contributed by atoms with E-state index in [0.717, 1.165) is 35.3 Å². The van der Waals surface area contributed by atoms with Crippen LogP contribution >= 0.6 is 0 Å². The highest BCUT2D eigenvalue weighted by molar-refractivity contribution is 6.22. The summed E-state index contributed by atoms with van der Waals surface area (Å²) in [5.41, 5.74) is 11.7. The number of anilines is 3. The molecule has 4 nitrogen and oxygen atoms in total. The highest BCUT2D eigenvalue weighted by atomic mass is 15.4. The van der Waals surface area contributed by atoms with Gasteiger partial charge in [0.2, 0.25) is 5.96 Å². The fourth-order valence-electron chi connectivity index (χ4n) is 6.59. The van der Waals surface area contributed by atoms with Gasteiger partial charge in [-0.05, 0) is 77.4 Å². The molecule has 0 saturated carbocycles. The second-order valence-corrected chi connectivity index (χ2v) is 10.9. The summed E-state index contributed by atoms with van der Waals surface area (Å²) >= 11 is 0. The number of rotatable bonds is 3. The predicted molar refractivity (Wildman–Crippen MR) is 175 cm³/mol. The van der Waals surface area contributed by atoms with Crippen molar-refractivity contribution in [3.63, 3.8) is 0 Å². The van der Waals surface area contributed by atoms with Crippen LogP contribution in [0, 0.1) is 0 Å². The van der Waals surface area contributed by atoms with Crippen molar-refractivity contribution in [3.05, 3.63) is 151 Å². The van der Waals surface area contributed by atoms with Crippen LogP contribution in [0.5, 0.6) is 0 Å². The molecule has 0 fully saturated rings. The first kappa shape index (κ1) is 23.1. The van der Waals surface area contributed by atoms with Gasteiger partial charge in [0.1, 0.15) is 0 Å². The van der Waals surface area contributed by atoms with E-state index in [2.05, 4.69) is 160 Å². The topological polar surface area (TPSA) is 23.8 Å². The van der Waals surface area contributed by atoms with Gasteiger partial charge in [-0.15, -0.1) is 0 Å². The van der Waals surface area contributed by atoms with Gasteiger partial charge in [0.15, 0.2) is 0 Å². The minimum absolute atomic E-state index is 0.804. The Hall–Kier alpha value is -5.61. The van der Waals surface area contributed by atoms with Crippen molar-refractivity contribution in [1.82, 2.24) is 4.57 Å². The van der Waals surface area contributed by atoms with E-state index in [1.807, 2.05) is 0 Å². The minimum Gasteiger partial charge on any atom is -0.309 e. The quantitative estimate of drug-likeness (QED) is 0.224. The summed E-state index contributed by atoms with van der Waals surface area (Å²) < 4.78 is 2.38. The average Bonchev–Trinajstić information content (AvgIpc) is 3.56. The van der Waals surface area contributed by atoms with Crippen LogP contribution in [0.1, 0.15) is 5.56 Å². The van der Waals surface area contributed by atoms with Crippen LogP contribution in [-0.4, -0.2) is 10.5 Å². The van der Waals surface area contributed by atoms with Crippen LogP contribution in [0.3, 0.4) is 0 Å². The summed E-state index contributed by atoms with van der Waals surface area (Å²) in [6.07, 6.45) is 0. The Bertz CT molecular complexity index is 2180. The Morgan fingerprint density at radius 3 is 2.00 bits per heavy atom. The molecule has 0 N–H and O–H groups in total. The van der Waals surface area contributed by atoms with Gasteiger partial charge >= 0.3 is 0 Å². The largest absolute Gasteiger partial charge is 0.309 e. The summed E-state index contributed by atoms with van der Waals surface area (Å²) in [7, 11) is 0. The molecule has 0 aliphatic carbocycles. The minimum atomic E-state index is 0.804.